The number of halogens is 2. The number of benzene rings is 2. The number of rotatable bonds is 7. The molecule has 0 aliphatic carbocycles. The quantitative estimate of drug-likeness (QED) is 0.423. The predicted octanol–water partition coefficient (Wildman–Crippen LogP) is 4.99. The minimum atomic E-state index is -0.927. The van der Waals surface area contributed by atoms with Crippen LogP contribution in [-0.2, 0) is 27.9 Å². The van der Waals surface area contributed by atoms with Crippen molar-refractivity contribution in [2.24, 2.45) is 12.8 Å². The highest BCUT2D eigenvalue weighted by Gasteiger charge is 2.36. The molecule has 1 unspecified atom stereocenters. The van der Waals surface area contributed by atoms with Gasteiger partial charge in [0.05, 0.1) is 10.7 Å². The van der Waals surface area contributed by atoms with E-state index in [1.807, 2.05) is 36.0 Å². The summed E-state index contributed by atoms with van der Waals surface area (Å²) in [6, 6.07) is 9.74. The van der Waals surface area contributed by atoms with E-state index in [2.05, 4.69) is 0 Å². The maximum absolute atomic E-state index is 13.1. The topological polar surface area (TPSA) is 108 Å². The van der Waals surface area contributed by atoms with Gasteiger partial charge in [-0.15, -0.1) is 0 Å². The first-order valence-corrected chi connectivity index (χ1v) is 12.5. The van der Waals surface area contributed by atoms with Gasteiger partial charge < -0.3 is 19.9 Å². The number of esters is 1. The fourth-order valence-corrected chi connectivity index (χ4v) is 4.87. The molecule has 2 N–H and O–H groups in total. The minimum Gasteiger partial charge on any atom is -0.460 e. The Morgan fingerprint density at radius 2 is 1.84 bits per heavy atom. The van der Waals surface area contributed by atoms with Crippen LogP contribution < -0.4 is 5.73 Å². The van der Waals surface area contributed by atoms with E-state index in [-0.39, 0.29) is 25.3 Å². The summed E-state index contributed by atoms with van der Waals surface area (Å²) in [5.74, 6) is -0.744. The molecule has 37 heavy (non-hydrogen) atoms. The molecule has 2 heterocycles. The number of imidazole rings is 1. The number of carbonyl (C=O) groups excluding carboxylic acids is 3. The molecule has 10 heteroatoms. The van der Waals surface area contributed by atoms with Gasteiger partial charge in [-0.2, -0.15) is 0 Å². The van der Waals surface area contributed by atoms with Gasteiger partial charge in [0, 0.05) is 47.9 Å². The van der Waals surface area contributed by atoms with Gasteiger partial charge in [-0.3, -0.25) is 14.4 Å². The standard InChI is InChI=1S/C27H28Cl2N4O4/c1-27(2,3)37-23(34)10-9-22(24(30)35)33-13-16-11-15(5-7-18(16)26(33)36)21-14-32(4)25(31-21)19-8-6-17(28)12-20(19)29/h5-8,11-12,14,22H,9-10,13H2,1-4H3,(H2,30,35). The van der Waals surface area contributed by atoms with E-state index in [9.17, 15) is 14.4 Å². The number of aromatic nitrogens is 2. The number of primary amides is 1. The third kappa shape index (κ3) is 5.81. The van der Waals surface area contributed by atoms with Crippen LogP contribution in [0.2, 0.25) is 10.0 Å². The number of hydrogen-bond acceptors (Lipinski definition) is 5. The van der Waals surface area contributed by atoms with Crippen molar-refractivity contribution in [3.8, 4) is 22.6 Å². The molecule has 0 fully saturated rings. The summed E-state index contributed by atoms with van der Waals surface area (Å²) >= 11 is 12.4. The number of ether oxygens (including phenoxy) is 1. The van der Waals surface area contributed by atoms with Crippen molar-refractivity contribution >= 4 is 41.0 Å². The lowest BCUT2D eigenvalue weighted by atomic mass is 10.0. The maximum atomic E-state index is 13.1. The van der Waals surface area contributed by atoms with E-state index < -0.39 is 23.5 Å². The summed E-state index contributed by atoms with van der Waals surface area (Å²) in [5.41, 5.74) is 8.49. The van der Waals surface area contributed by atoms with Gasteiger partial charge in [0.15, 0.2) is 0 Å². The lowest BCUT2D eigenvalue weighted by Gasteiger charge is -2.25. The Balaban J connectivity index is 1.55. The van der Waals surface area contributed by atoms with Crippen molar-refractivity contribution in [2.45, 2.75) is 51.8 Å². The number of hydrogen-bond donors (Lipinski definition) is 1. The van der Waals surface area contributed by atoms with E-state index >= 15 is 0 Å². The third-order valence-corrected chi connectivity index (χ3v) is 6.58. The summed E-state index contributed by atoms with van der Waals surface area (Å²) in [4.78, 5) is 43.7. The normalized spacial score (nSPS) is 14.0. The Hall–Kier alpha value is -3.36. The van der Waals surface area contributed by atoms with Crippen LogP contribution in [-0.4, -0.2) is 43.9 Å². The zero-order valence-corrected chi connectivity index (χ0v) is 22.6. The van der Waals surface area contributed by atoms with Crippen molar-refractivity contribution in [1.82, 2.24) is 14.5 Å². The summed E-state index contributed by atoms with van der Waals surface area (Å²) in [6.07, 6.45) is 1.94. The van der Waals surface area contributed by atoms with Gasteiger partial charge in [0.1, 0.15) is 17.5 Å². The molecule has 2 aromatic carbocycles. The number of nitrogens with two attached hydrogens (primary N) is 1. The molecule has 1 aliphatic rings. The van der Waals surface area contributed by atoms with Crippen LogP contribution in [0.25, 0.3) is 22.6 Å². The van der Waals surface area contributed by atoms with Gasteiger partial charge in [-0.05, 0) is 63.1 Å². The zero-order chi connectivity index (χ0) is 27.1. The van der Waals surface area contributed by atoms with Gasteiger partial charge in [0.2, 0.25) is 5.91 Å². The highest BCUT2D eigenvalue weighted by molar-refractivity contribution is 6.36. The molecule has 0 saturated carbocycles. The van der Waals surface area contributed by atoms with E-state index in [1.165, 1.54) is 4.90 Å². The SMILES string of the molecule is Cn1cc(-c2ccc3c(c2)CN(C(CCC(=O)OC(C)(C)C)C(N)=O)C3=O)nc1-c1ccc(Cl)cc1Cl. The van der Waals surface area contributed by atoms with Crippen LogP contribution in [0.4, 0.5) is 0 Å². The second-order valence-electron chi connectivity index (χ2n) is 10.0. The Kier molecular flexibility index (Phi) is 7.35. The van der Waals surface area contributed by atoms with E-state index in [4.69, 9.17) is 38.7 Å². The fraction of sp³-hybridized carbons (Fsp3) is 0.333. The second-order valence-corrected chi connectivity index (χ2v) is 10.9. The molecule has 0 radical (unpaired) electrons. The van der Waals surface area contributed by atoms with Gasteiger partial charge in [-0.1, -0.05) is 29.3 Å². The molecular formula is C27H28Cl2N4O4. The number of carbonyl (C=O) groups is 3. The molecule has 1 aromatic heterocycles. The average Bonchev–Trinajstić information content (AvgIpc) is 3.32. The summed E-state index contributed by atoms with van der Waals surface area (Å²) in [7, 11) is 1.87. The Morgan fingerprint density at radius 1 is 1.14 bits per heavy atom. The number of fused-ring (bicyclic) bond motifs is 1. The van der Waals surface area contributed by atoms with Crippen molar-refractivity contribution in [1.29, 1.82) is 0 Å². The van der Waals surface area contributed by atoms with Crippen LogP contribution in [0, 0.1) is 0 Å². The molecule has 194 valence electrons. The predicted molar refractivity (Wildman–Crippen MR) is 142 cm³/mol. The third-order valence-electron chi connectivity index (χ3n) is 6.03. The fourth-order valence-electron chi connectivity index (χ4n) is 4.38. The summed E-state index contributed by atoms with van der Waals surface area (Å²) < 4.78 is 7.19. The molecule has 1 aliphatic heterocycles. The van der Waals surface area contributed by atoms with Gasteiger partial charge in [-0.25, -0.2) is 4.98 Å². The first-order valence-electron chi connectivity index (χ1n) is 11.8. The van der Waals surface area contributed by atoms with Crippen molar-refractivity contribution < 1.29 is 19.1 Å². The highest BCUT2D eigenvalue weighted by Crippen LogP contribution is 2.34. The molecule has 2 amide bonds. The smallest absolute Gasteiger partial charge is 0.306 e. The monoisotopic (exact) mass is 542 g/mol. The largest absolute Gasteiger partial charge is 0.460 e. The molecule has 1 atom stereocenters. The van der Waals surface area contributed by atoms with Crippen molar-refractivity contribution in [2.75, 3.05) is 0 Å². The van der Waals surface area contributed by atoms with E-state index in [0.717, 1.165) is 16.7 Å². The van der Waals surface area contributed by atoms with Crippen LogP contribution in [0.3, 0.4) is 0 Å². The molecular weight excluding hydrogens is 515 g/mol. The first kappa shape index (κ1) is 26.7. The lowest BCUT2D eigenvalue weighted by Crippen LogP contribution is -2.45. The molecule has 4 rings (SSSR count). The Morgan fingerprint density at radius 3 is 2.49 bits per heavy atom. The Labute approximate surface area is 225 Å². The number of aryl methyl sites for hydroxylation is 1. The molecule has 0 spiro atoms. The number of nitrogens with zero attached hydrogens (tertiary/aromatic N) is 3. The van der Waals surface area contributed by atoms with Crippen LogP contribution in [0.1, 0.15) is 49.5 Å². The van der Waals surface area contributed by atoms with Gasteiger partial charge in [0.25, 0.3) is 5.91 Å². The molecule has 0 saturated heterocycles. The van der Waals surface area contributed by atoms with Crippen LogP contribution in [0.15, 0.2) is 42.6 Å². The van der Waals surface area contributed by atoms with Gasteiger partial charge >= 0.3 is 5.97 Å². The Bertz CT molecular complexity index is 1390. The summed E-state index contributed by atoms with van der Waals surface area (Å²) in [6.45, 7) is 5.50. The first-order chi connectivity index (χ1) is 17.3. The van der Waals surface area contributed by atoms with E-state index in [1.54, 1.807) is 39.0 Å². The van der Waals surface area contributed by atoms with Crippen molar-refractivity contribution in [3.63, 3.8) is 0 Å². The minimum absolute atomic E-state index is 0.0276. The van der Waals surface area contributed by atoms with Crippen molar-refractivity contribution in [3.05, 3.63) is 63.8 Å². The lowest BCUT2D eigenvalue weighted by molar-refractivity contribution is -0.155. The molecule has 8 nitrogen and oxygen atoms in total. The highest BCUT2D eigenvalue weighted by atomic mass is 35.5. The second kappa shape index (κ2) is 10.2. The van der Waals surface area contributed by atoms with Crippen LogP contribution >= 0.6 is 23.2 Å². The molecule has 0 bridgehead atoms. The number of amides is 2. The van der Waals surface area contributed by atoms with E-state index in [0.29, 0.717) is 27.1 Å². The zero-order valence-electron chi connectivity index (χ0n) is 21.0. The summed E-state index contributed by atoms with van der Waals surface area (Å²) in [5, 5.41) is 1.03. The average molecular weight is 543 g/mol. The maximum Gasteiger partial charge on any atom is 0.306 e. The van der Waals surface area contributed by atoms with Crippen LogP contribution in [0.5, 0.6) is 0 Å². The molecule has 3 aromatic rings.